The van der Waals surface area contributed by atoms with E-state index >= 15 is 0 Å². The summed E-state index contributed by atoms with van der Waals surface area (Å²) in [4.78, 5) is 15.7. The van der Waals surface area contributed by atoms with E-state index < -0.39 is 0 Å². The number of nitrogens with one attached hydrogen (secondary N) is 1. The van der Waals surface area contributed by atoms with Crippen molar-refractivity contribution in [3.8, 4) is 11.5 Å². The summed E-state index contributed by atoms with van der Waals surface area (Å²) < 4.78 is 12.8. The highest BCUT2D eigenvalue weighted by Gasteiger charge is 2.22. The molecule has 0 fully saturated rings. The van der Waals surface area contributed by atoms with Crippen LogP contribution in [0.15, 0.2) is 30.9 Å². The minimum absolute atomic E-state index is 0.0111. The molecule has 0 saturated carbocycles. The number of fused-ring (bicyclic) bond motifs is 1. The number of nitrogens with zero attached hydrogens (tertiary/aromatic N) is 3. The Labute approximate surface area is 134 Å². The number of methoxy groups -OCH3 is 1. The van der Waals surface area contributed by atoms with Crippen LogP contribution < -0.4 is 14.8 Å². The van der Waals surface area contributed by atoms with Gasteiger partial charge in [-0.1, -0.05) is 12.1 Å². The Morgan fingerprint density at radius 3 is 3.22 bits per heavy atom. The average Bonchev–Trinajstić information content (AvgIpc) is 3.10. The Kier molecular flexibility index (Phi) is 4.75. The van der Waals surface area contributed by atoms with Gasteiger partial charge in [0, 0.05) is 18.9 Å². The summed E-state index contributed by atoms with van der Waals surface area (Å²) in [5, 5.41) is 6.94. The lowest BCUT2D eigenvalue weighted by atomic mass is 9.96. The first-order chi connectivity index (χ1) is 11.3. The van der Waals surface area contributed by atoms with Crippen molar-refractivity contribution in [3.05, 3.63) is 36.4 Å². The van der Waals surface area contributed by atoms with E-state index in [1.165, 1.54) is 6.33 Å². The molecule has 23 heavy (non-hydrogen) atoms. The van der Waals surface area contributed by atoms with Gasteiger partial charge in [-0.2, -0.15) is 5.10 Å². The molecule has 0 aliphatic carbocycles. The molecule has 1 amide bonds. The molecule has 7 heteroatoms. The fourth-order valence-electron chi connectivity index (χ4n) is 2.66. The zero-order valence-electron chi connectivity index (χ0n) is 13.1. The molecule has 1 aromatic carbocycles. The van der Waals surface area contributed by atoms with Gasteiger partial charge in [-0.25, -0.2) is 4.98 Å². The van der Waals surface area contributed by atoms with Gasteiger partial charge < -0.3 is 14.8 Å². The van der Waals surface area contributed by atoms with Crippen molar-refractivity contribution in [3.63, 3.8) is 0 Å². The van der Waals surface area contributed by atoms with E-state index in [1.807, 2.05) is 18.2 Å². The second-order valence-corrected chi connectivity index (χ2v) is 5.54. The second kappa shape index (κ2) is 7.13. The molecule has 1 aliphatic rings. The topological polar surface area (TPSA) is 78.3 Å². The van der Waals surface area contributed by atoms with Gasteiger partial charge in [-0.3, -0.25) is 9.48 Å². The maximum atomic E-state index is 11.9. The number of carbonyl (C=O) groups excluding carboxylic acids is 1. The van der Waals surface area contributed by atoms with Crippen LogP contribution in [0.5, 0.6) is 11.5 Å². The van der Waals surface area contributed by atoms with E-state index in [0.717, 1.165) is 23.5 Å². The van der Waals surface area contributed by atoms with Crippen molar-refractivity contribution >= 4 is 5.91 Å². The number of aromatic nitrogens is 3. The third kappa shape index (κ3) is 3.80. The van der Waals surface area contributed by atoms with Crippen LogP contribution in [-0.4, -0.2) is 40.9 Å². The van der Waals surface area contributed by atoms with Crippen LogP contribution in [-0.2, 0) is 17.8 Å². The average molecular weight is 316 g/mol. The van der Waals surface area contributed by atoms with Gasteiger partial charge in [-0.05, 0) is 18.1 Å². The zero-order valence-corrected chi connectivity index (χ0v) is 13.1. The fraction of sp³-hybridized carbons (Fsp3) is 0.438. The van der Waals surface area contributed by atoms with E-state index in [1.54, 1.807) is 18.1 Å². The Morgan fingerprint density at radius 2 is 2.43 bits per heavy atom. The predicted molar refractivity (Wildman–Crippen MR) is 83.3 cm³/mol. The fourth-order valence-corrected chi connectivity index (χ4v) is 2.66. The maximum Gasteiger partial charge on any atom is 0.221 e. The molecule has 0 unspecified atom stereocenters. The third-order valence-electron chi connectivity index (χ3n) is 3.87. The lowest BCUT2D eigenvalue weighted by Gasteiger charge is -2.26. The molecule has 1 aliphatic heterocycles. The van der Waals surface area contributed by atoms with Gasteiger partial charge >= 0.3 is 0 Å². The summed E-state index contributed by atoms with van der Waals surface area (Å²) in [5.41, 5.74) is 1.12. The number of hydrogen-bond donors (Lipinski definition) is 1. The Hall–Kier alpha value is -2.57. The number of hydrogen-bond acceptors (Lipinski definition) is 5. The van der Waals surface area contributed by atoms with Crippen molar-refractivity contribution in [1.29, 1.82) is 0 Å². The van der Waals surface area contributed by atoms with Crippen LogP contribution in [0.4, 0.5) is 0 Å². The van der Waals surface area contributed by atoms with Crippen LogP contribution in [0.2, 0.25) is 0 Å². The van der Waals surface area contributed by atoms with Crippen molar-refractivity contribution in [2.45, 2.75) is 19.4 Å². The van der Waals surface area contributed by atoms with Gasteiger partial charge in [0.1, 0.15) is 12.7 Å². The molecule has 2 aromatic rings. The van der Waals surface area contributed by atoms with E-state index in [4.69, 9.17) is 9.47 Å². The molecule has 0 spiro atoms. The lowest BCUT2D eigenvalue weighted by molar-refractivity contribution is -0.121. The van der Waals surface area contributed by atoms with Gasteiger partial charge in [0.05, 0.1) is 20.3 Å². The quantitative estimate of drug-likeness (QED) is 0.861. The first kappa shape index (κ1) is 15.3. The van der Waals surface area contributed by atoms with E-state index in [-0.39, 0.29) is 11.8 Å². The van der Waals surface area contributed by atoms with Crippen molar-refractivity contribution < 1.29 is 14.3 Å². The smallest absolute Gasteiger partial charge is 0.221 e. The van der Waals surface area contributed by atoms with Crippen molar-refractivity contribution in [1.82, 2.24) is 20.1 Å². The molecule has 122 valence electrons. The number of benzene rings is 1. The summed E-state index contributed by atoms with van der Waals surface area (Å²) >= 11 is 0. The minimum Gasteiger partial charge on any atom is -0.493 e. The summed E-state index contributed by atoms with van der Waals surface area (Å²) in [6.07, 6.45) is 4.33. The normalized spacial score (nSPS) is 16.3. The molecule has 7 nitrogen and oxygen atoms in total. The van der Waals surface area contributed by atoms with Gasteiger partial charge in [0.2, 0.25) is 5.91 Å². The molecule has 0 bridgehead atoms. The number of aryl methyl sites for hydroxylation is 1. The van der Waals surface area contributed by atoms with Crippen molar-refractivity contribution in [2.24, 2.45) is 5.92 Å². The third-order valence-corrected chi connectivity index (χ3v) is 3.87. The van der Waals surface area contributed by atoms with Gasteiger partial charge in [0.15, 0.2) is 11.5 Å². The van der Waals surface area contributed by atoms with Crippen LogP contribution in [0, 0.1) is 5.92 Å². The molecular formula is C16H20N4O3. The molecule has 1 atom stereocenters. The number of ether oxygens (including phenoxy) is 2. The summed E-state index contributed by atoms with van der Waals surface area (Å²) in [6, 6.07) is 5.89. The standard InChI is InChI=1S/C16H20N4O3/c1-22-14-4-2-3-13-7-12(9-23-16(13)14)8-18-15(21)5-6-20-11-17-10-19-20/h2-4,10-12H,5-9H2,1H3,(H,18,21)/t12-/m0/s1. The van der Waals surface area contributed by atoms with E-state index in [9.17, 15) is 4.79 Å². The number of carbonyl (C=O) groups is 1. The summed E-state index contributed by atoms with van der Waals surface area (Å²) in [6.45, 7) is 1.72. The SMILES string of the molecule is COc1cccc2c1OC[C@H](CNC(=O)CCn1cncn1)C2. The van der Waals surface area contributed by atoms with Crippen LogP contribution >= 0.6 is 0 Å². The van der Waals surface area contributed by atoms with Crippen LogP contribution in [0.3, 0.4) is 0 Å². The predicted octanol–water partition coefficient (Wildman–Crippen LogP) is 1.04. The van der Waals surface area contributed by atoms with E-state index in [0.29, 0.717) is 26.1 Å². The zero-order chi connectivity index (χ0) is 16.1. The molecule has 2 heterocycles. The molecular weight excluding hydrogens is 296 g/mol. The monoisotopic (exact) mass is 316 g/mol. The Bertz CT molecular complexity index is 657. The molecule has 0 radical (unpaired) electrons. The number of para-hydroxylation sites is 1. The molecule has 3 rings (SSSR count). The summed E-state index contributed by atoms with van der Waals surface area (Å²) in [7, 11) is 1.64. The van der Waals surface area contributed by atoms with Crippen LogP contribution in [0.25, 0.3) is 0 Å². The molecule has 1 aromatic heterocycles. The molecule has 1 N–H and O–H groups in total. The minimum atomic E-state index is 0.0111. The highest BCUT2D eigenvalue weighted by atomic mass is 16.5. The van der Waals surface area contributed by atoms with E-state index in [2.05, 4.69) is 15.4 Å². The first-order valence-corrected chi connectivity index (χ1v) is 7.64. The highest BCUT2D eigenvalue weighted by Crippen LogP contribution is 2.35. The lowest BCUT2D eigenvalue weighted by Crippen LogP contribution is -2.35. The maximum absolute atomic E-state index is 11.9. The highest BCUT2D eigenvalue weighted by molar-refractivity contribution is 5.75. The Balaban J connectivity index is 1.47. The first-order valence-electron chi connectivity index (χ1n) is 7.64. The van der Waals surface area contributed by atoms with Gasteiger partial charge in [-0.15, -0.1) is 0 Å². The largest absolute Gasteiger partial charge is 0.493 e. The number of amides is 1. The second-order valence-electron chi connectivity index (χ2n) is 5.54. The molecule has 0 saturated heterocycles. The Morgan fingerprint density at radius 1 is 1.52 bits per heavy atom. The summed E-state index contributed by atoms with van der Waals surface area (Å²) in [5.74, 6) is 1.86. The number of rotatable bonds is 6. The van der Waals surface area contributed by atoms with Gasteiger partial charge in [0.25, 0.3) is 0 Å². The van der Waals surface area contributed by atoms with Crippen LogP contribution in [0.1, 0.15) is 12.0 Å². The van der Waals surface area contributed by atoms with Crippen molar-refractivity contribution in [2.75, 3.05) is 20.3 Å².